The van der Waals surface area contributed by atoms with E-state index >= 15 is 0 Å². The lowest BCUT2D eigenvalue weighted by atomic mass is 9.96. The van der Waals surface area contributed by atoms with Crippen molar-refractivity contribution in [1.29, 1.82) is 0 Å². The van der Waals surface area contributed by atoms with Crippen molar-refractivity contribution in [2.24, 2.45) is 0 Å². The van der Waals surface area contributed by atoms with Crippen LogP contribution in [0, 0.1) is 0 Å². The third kappa shape index (κ3) is 14.5. The molecule has 4 rings (SSSR count). The van der Waals surface area contributed by atoms with Gasteiger partial charge in [0.1, 0.15) is 0 Å². The summed E-state index contributed by atoms with van der Waals surface area (Å²) in [6.07, 6.45) is 13.6. The van der Waals surface area contributed by atoms with Crippen LogP contribution in [0.1, 0.15) is 81.0 Å². The van der Waals surface area contributed by atoms with Crippen molar-refractivity contribution in [3.8, 4) is 0 Å². The maximum absolute atomic E-state index is 10.2. The van der Waals surface area contributed by atoms with Gasteiger partial charge in [-0.1, -0.05) is 155 Å². The fraction of sp³-hybridized carbons (Fsp3) is 0.444. The standard InChI is InChI=1S/C26H28N2.C10H22O4S/c1-4-11-23(12-5-1)13-10-18-27-19-21-28(22-20-27)26(24-14-6-2-7-15-24)25-16-8-3-9-17-25;1-2-3-4-5-6-7-8-9-10-14-15(11,12)13/h1-17,26H,18-22H2;2-10H2,1H3,(H,11,12,13). The number of hydrogen-bond donors (Lipinski definition) is 1. The van der Waals surface area contributed by atoms with Crippen LogP contribution in [-0.2, 0) is 14.6 Å². The summed E-state index contributed by atoms with van der Waals surface area (Å²) in [5, 5.41) is 0. The van der Waals surface area contributed by atoms with E-state index < -0.39 is 10.4 Å². The zero-order valence-corrected chi connectivity index (χ0v) is 26.6. The molecular formula is C36H50N2O4S. The Kier molecular flexibility index (Phi) is 16.3. The maximum atomic E-state index is 10.2. The number of unbranched alkanes of at least 4 members (excludes halogenated alkanes) is 7. The van der Waals surface area contributed by atoms with Crippen molar-refractivity contribution >= 4 is 16.5 Å². The van der Waals surface area contributed by atoms with Crippen molar-refractivity contribution in [2.45, 2.75) is 64.3 Å². The molecule has 0 amide bonds. The minimum atomic E-state index is -4.23. The molecule has 0 bridgehead atoms. The molecule has 0 unspecified atom stereocenters. The fourth-order valence-corrected chi connectivity index (χ4v) is 5.72. The van der Waals surface area contributed by atoms with Crippen LogP contribution in [0.25, 0.3) is 6.08 Å². The molecule has 0 spiro atoms. The lowest BCUT2D eigenvalue weighted by Gasteiger charge is -2.39. The molecular weight excluding hydrogens is 556 g/mol. The van der Waals surface area contributed by atoms with Gasteiger partial charge < -0.3 is 0 Å². The predicted octanol–water partition coefficient (Wildman–Crippen LogP) is 8.05. The monoisotopic (exact) mass is 606 g/mol. The van der Waals surface area contributed by atoms with Gasteiger partial charge in [-0.15, -0.1) is 0 Å². The van der Waals surface area contributed by atoms with Gasteiger partial charge in [0.15, 0.2) is 0 Å². The van der Waals surface area contributed by atoms with Gasteiger partial charge >= 0.3 is 10.4 Å². The normalized spacial score (nSPS) is 14.6. The lowest BCUT2D eigenvalue weighted by molar-refractivity contribution is 0.118. The topological polar surface area (TPSA) is 70.1 Å². The van der Waals surface area contributed by atoms with E-state index in [-0.39, 0.29) is 6.61 Å². The first-order valence-corrected chi connectivity index (χ1v) is 17.2. The molecule has 0 aliphatic carbocycles. The summed E-state index contributed by atoms with van der Waals surface area (Å²) in [7, 11) is -4.23. The molecule has 7 heteroatoms. The summed E-state index contributed by atoms with van der Waals surface area (Å²) >= 11 is 0. The lowest BCUT2D eigenvalue weighted by Crippen LogP contribution is -2.47. The van der Waals surface area contributed by atoms with E-state index in [2.05, 4.69) is 124 Å². The van der Waals surface area contributed by atoms with Gasteiger partial charge in [-0.05, 0) is 23.1 Å². The number of benzene rings is 3. The summed E-state index contributed by atoms with van der Waals surface area (Å²) in [6, 6.07) is 32.7. The highest BCUT2D eigenvalue weighted by Crippen LogP contribution is 2.29. The molecule has 0 atom stereocenters. The highest BCUT2D eigenvalue weighted by molar-refractivity contribution is 7.80. The summed E-state index contributed by atoms with van der Waals surface area (Å²) in [5.74, 6) is 0. The zero-order chi connectivity index (χ0) is 30.6. The van der Waals surface area contributed by atoms with Gasteiger partial charge in [0, 0.05) is 32.7 Å². The summed E-state index contributed by atoms with van der Waals surface area (Å²) in [6.45, 7) is 7.69. The van der Waals surface area contributed by atoms with E-state index in [1.165, 1.54) is 48.8 Å². The predicted molar refractivity (Wildman–Crippen MR) is 178 cm³/mol. The number of nitrogens with zero attached hydrogens (tertiary/aromatic N) is 2. The quantitative estimate of drug-likeness (QED) is 0.131. The first kappa shape index (κ1) is 34.7. The molecule has 1 fully saturated rings. The Morgan fingerprint density at radius 2 is 1.21 bits per heavy atom. The Labute approximate surface area is 260 Å². The van der Waals surface area contributed by atoms with Gasteiger partial charge in [-0.2, -0.15) is 8.42 Å². The van der Waals surface area contributed by atoms with E-state index in [0.717, 1.165) is 45.6 Å². The van der Waals surface area contributed by atoms with Crippen LogP contribution in [0.2, 0.25) is 0 Å². The Balaban J connectivity index is 0.000000289. The summed E-state index contributed by atoms with van der Waals surface area (Å²) in [4.78, 5) is 5.17. The van der Waals surface area contributed by atoms with Gasteiger partial charge in [0.05, 0.1) is 12.6 Å². The Morgan fingerprint density at radius 3 is 1.72 bits per heavy atom. The minimum absolute atomic E-state index is 0.0911. The van der Waals surface area contributed by atoms with Crippen molar-refractivity contribution in [3.05, 3.63) is 114 Å². The Bertz CT molecular complexity index is 1210. The molecule has 3 aromatic rings. The van der Waals surface area contributed by atoms with Crippen molar-refractivity contribution in [3.63, 3.8) is 0 Å². The molecule has 234 valence electrons. The Hall–Kier alpha value is -2.81. The van der Waals surface area contributed by atoms with Crippen LogP contribution in [-0.4, -0.2) is 62.1 Å². The van der Waals surface area contributed by atoms with Crippen LogP contribution in [0.3, 0.4) is 0 Å². The van der Waals surface area contributed by atoms with Gasteiger partial charge in [-0.3, -0.25) is 14.4 Å². The highest BCUT2D eigenvalue weighted by atomic mass is 32.3. The second kappa shape index (κ2) is 20.2. The van der Waals surface area contributed by atoms with Gasteiger partial charge in [0.2, 0.25) is 0 Å². The molecule has 1 N–H and O–H groups in total. The molecule has 1 saturated heterocycles. The number of hydrogen-bond acceptors (Lipinski definition) is 5. The average Bonchev–Trinajstić information content (AvgIpc) is 3.03. The van der Waals surface area contributed by atoms with E-state index in [4.69, 9.17) is 4.55 Å². The third-order valence-electron chi connectivity index (χ3n) is 7.71. The van der Waals surface area contributed by atoms with Gasteiger partial charge in [0.25, 0.3) is 0 Å². The Morgan fingerprint density at radius 1 is 0.721 bits per heavy atom. The molecule has 1 aliphatic rings. The molecule has 0 radical (unpaired) electrons. The second-order valence-corrected chi connectivity index (χ2v) is 12.2. The first-order valence-electron chi connectivity index (χ1n) is 15.9. The third-order valence-corrected chi connectivity index (χ3v) is 8.17. The molecule has 0 aromatic heterocycles. The minimum Gasteiger partial charge on any atom is -0.297 e. The first-order chi connectivity index (χ1) is 21.0. The molecule has 6 nitrogen and oxygen atoms in total. The van der Waals surface area contributed by atoms with Crippen LogP contribution in [0.15, 0.2) is 97.1 Å². The van der Waals surface area contributed by atoms with Crippen LogP contribution >= 0.6 is 0 Å². The van der Waals surface area contributed by atoms with Crippen LogP contribution < -0.4 is 0 Å². The highest BCUT2D eigenvalue weighted by Gasteiger charge is 2.25. The van der Waals surface area contributed by atoms with E-state index in [1.807, 2.05) is 0 Å². The van der Waals surface area contributed by atoms with Gasteiger partial charge in [-0.25, -0.2) is 4.18 Å². The van der Waals surface area contributed by atoms with Crippen molar-refractivity contribution < 1.29 is 17.2 Å². The molecule has 43 heavy (non-hydrogen) atoms. The van der Waals surface area contributed by atoms with Crippen LogP contribution in [0.5, 0.6) is 0 Å². The molecule has 0 saturated carbocycles. The largest absolute Gasteiger partial charge is 0.397 e. The van der Waals surface area contributed by atoms with Crippen molar-refractivity contribution in [2.75, 3.05) is 39.3 Å². The zero-order valence-electron chi connectivity index (χ0n) is 25.8. The SMILES string of the molecule is C(=Cc1ccccc1)CN1CCN(C(c2ccccc2)c2ccccc2)CC1.CCCCCCCCCCOS(=O)(=O)O. The second-order valence-electron chi connectivity index (χ2n) is 11.1. The molecule has 1 heterocycles. The number of rotatable bonds is 16. The van der Waals surface area contributed by atoms with E-state index in [0.29, 0.717) is 12.5 Å². The van der Waals surface area contributed by atoms with E-state index in [9.17, 15) is 8.42 Å². The van der Waals surface area contributed by atoms with Crippen LogP contribution in [0.4, 0.5) is 0 Å². The average molecular weight is 607 g/mol. The number of piperazine rings is 1. The molecule has 3 aromatic carbocycles. The summed E-state index contributed by atoms with van der Waals surface area (Å²) in [5.41, 5.74) is 4.03. The smallest absolute Gasteiger partial charge is 0.297 e. The van der Waals surface area contributed by atoms with Crippen molar-refractivity contribution in [1.82, 2.24) is 9.80 Å². The fourth-order valence-electron chi connectivity index (χ4n) is 5.39. The van der Waals surface area contributed by atoms with E-state index in [1.54, 1.807) is 0 Å². The maximum Gasteiger partial charge on any atom is 0.397 e. The summed E-state index contributed by atoms with van der Waals surface area (Å²) < 4.78 is 32.8. The molecule has 1 aliphatic heterocycles.